The summed E-state index contributed by atoms with van der Waals surface area (Å²) in [5.41, 5.74) is 0.428. The number of amides is 1. The summed E-state index contributed by atoms with van der Waals surface area (Å²) in [6.45, 7) is 1.25. The molecule has 4 nitrogen and oxygen atoms in total. The summed E-state index contributed by atoms with van der Waals surface area (Å²) in [6, 6.07) is 5.71. The Labute approximate surface area is 153 Å². The molecule has 25 heavy (non-hydrogen) atoms. The molecule has 1 unspecified atom stereocenters. The molecule has 2 N–H and O–H groups in total. The van der Waals surface area contributed by atoms with Gasteiger partial charge in [-0.3, -0.25) is 9.69 Å². The van der Waals surface area contributed by atoms with Crippen molar-refractivity contribution in [2.75, 3.05) is 32.7 Å². The van der Waals surface area contributed by atoms with Crippen molar-refractivity contribution >= 4 is 39.7 Å². The number of hydrogen-bond donors (Lipinski definition) is 2. The molecular formula is C16H19ClF3N3OS. The Hall–Kier alpha value is -1.35. The van der Waals surface area contributed by atoms with Crippen molar-refractivity contribution in [2.45, 2.75) is 12.2 Å². The molecule has 0 radical (unpaired) electrons. The van der Waals surface area contributed by atoms with Gasteiger partial charge in [-0.1, -0.05) is 18.2 Å². The Bertz CT molecular complexity index is 716. The van der Waals surface area contributed by atoms with Crippen molar-refractivity contribution in [3.05, 3.63) is 35.2 Å². The number of carbonyl (C=O) groups is 1. The molecule has 1 aliphatic heterocycles. The van der Waals surface area contributed by atoms with Crippen LogP contribution < -0.4 is 10.6 Å². The summed E-state index contributed by atoms with van der Waals surface area (Å²) < 4.78 is 41.0. The normalized spacial score (nSPS) is 17.1. The van der Waals surface area contributed by atoms with Gasteiger partial charge in [0.25, 0.3) is 5.91 Å². The van der Waals surface area contributed by atoms with Crippen LogP contribution in [-0.2, 0) is 0 Å². The highest BCUT2D eigenvalue weighted by molar-refractivity contribution is 7.17. The van der Waals surface area contributed by atoms with E-state index in [1.54, 1.807) is 11.4 Å². The first-order valence-corrected chi connectivity index (χ1v) is 8.60. The van der Waals surface area contributed by atoms with Gasteiger partial charge in [-0.05, 0) is 6.07 Å². The van der Waals surface area contributed by atoms with Crippen molar-refractivity contribution in [1.29, 1.82) is 0 Å². The number of rotatable bonds is 4. The minimum atomic E-state index is -4.37. The lowest BCUT2D eigenvalue weighted by atomic mass is 10.1. The largest absolute Gasteiger partial charge is 0.405 e. The molecule has 0 spiro atoms. The number of nitrogens with one attached hydrogen (secondary N) is 2. The van der Waals surface area contributed by atoms with Crippen LogP contribution in [0.4, 0.5) is 13.2 Å². The van der Waals surface area contributed by atoms with Crippen molar-refractivity contribution in [2.24, 2.45) is 0 Å². The molecule has 1 amide bonds. The average molecular weight is 394 g/mol. The molecule has 2 heterocycles. The third-order valence-corrected chi connectivity index (χ3v) is 5.12. The van der Waals surface area contributed by atoms with E-state index in [1.165, 1.54) is 16.2 Å². The molecule has 9 heteroatoms. The van der Waals surface area contributed by atoms with Crippen molar-refractivity contribution < 1.29 is 18.0 Å². The van der Waals surface area contributed by atoms with Crippen LogP contribution in [0, 0.1) is 0 Å². The van der Waals surface area contributed by atoms with Gasteiger partial charge in [-0.2, -0.15) is 13.2 Å². The zero-order valence-corrected chi connectivity index (χ0v) is 14.9. The molecule has 0 aliphatic carbocycles. The molecular weight excluding hydrogens is 375 g/mol. The molecule has 0 saturated carbocycles. The first-order valence-electron chi connectivity index (χ1n) is 7.73. The molecule has 3 rings (SSSR count). The first-order chi connectivity index (χ1) is 11.5. The Kier molecular flexibility index (Phi) is 6.67. The fourth-order valence-corrected chi connectivity index (χ4v) is 3.82. The monoisotopic (exact) mass is 393 g/mol. The smallest absolute Gasteiger partial charge is 0.350 e. The van der Waals surface area contributed by atoms with E-state index in [0.717, 1.165) is 10.1 Å². The van der Waals surface area contributed by atoms with E-state index in [9.17, 15) is 18.0 Å². The standard InChI is InChI=1S/C16H18F3N3OS.ClH/c17-16(18,19)14(22-7-5-20-6-8-22)9-21-15(23)12-10-24-13-4-2-1-3-11(12)13;/h1-4,10,14,20H,5-9H2,(H,21,23);1H. The molecule has 1 aromatic carbocycles. The van der Waals surface area contributed by atoms with Gasteiger partial charge >= 0.3 is 6.18 Å². The Morgan fingerprint density at radius 2 is 1.96 bits per heavy atom. The molecule has 1 fully saturated rings. The van der Waals surface area contributed by atoms with Crippen LogP contribution in [0.25, 0.3) is 10.1 Å². The van der Waals surface area contributed by atoms with E-state index in [-0.39, 0.29) is 12.4 Å². The maximum atomic E-state index is 13.3. The summed E-state index contributed by atoms with van der Waals surface area (Å²) in [5, 5.41) is 7.96. The molecule has 0 bridgehead atoms. The summed E-state index contributed by atoms with van der Waals surface area (Å²) in [4.78, 5) is 13.7. The van der Waals surface area contributed by atoms with Crippen LogP contribution in [0.1, 0.15) is 10.4 Å². The highest BCUT2D eigenvalue weighted by Gasteiger charge is 2.43. The van der Waals surface area contributed by atoms with E-state index in [4.69, 9.17) is 0 Å². The van der Waals surface area contributed by atoms with Gasteiger partial charge in [0.15, 0.2) is 0 Å². The number of nitrogens with zero attached hydrogens (tertiary/aromatic N) is 1. The SMILES string of the molecule is Cl.O=C(NCC(N1CCNCC1)C(F)(F)F)c1csc2ccccc12. The van der Waals surface area contributed by atoms with E-state index in [2.05, 4.69) is 10.6 Å². The predicted molar refractivity (Wildman–Crippen MR) is 95.7 cm³/mol. The van der Waals surface area contributed by atoms with Crippen LogP contribution in [0.5, 0.6) is 0 Å². The zero-order chi connectivity index (χ0) is 17.2. The third kappa shape index (κ3) is 4.63. The number of benzene rings is 1. The van der Waals surface area contributed by atoms with Crippen LogP contribution >= 0.6 is 23.7 Å². The average Bonchev–Trinajstić information content (AvgIpc) is 2.99. The van der Waals surface area contributed by atoms with Crippen LogP contribution in [0.15, 0.2) is 29.6 Å². The number of piperazine rings is 1. The summed E-state index contributed by atoms with van der Waals surface area (Å²) in [6.07, 6.45) is -4.37. The minimum absolute atomic E-state index is 0. The topological polar surface area (TPSA) is 44.4 Å². The Balaban J connectivity index is 0.00000225. The van der Waals surface area contributed by atoms with E-state index in [0.29, 0.717) is 31.7 Å². The number of thiophene rings is 1. The van der Waals surface area contributed by atoms with Gasteiger partial charge in [0.1, 0.15) is 6.04 Å². The van der Waals surface area contributed by atoms with Crippen molar-refractivity contribution in [3.8, 4) is 0 Å². The number of alkyl halides is 3. The van der Waals surface area contributed by atoms with Gasteiger partial charge in [-0.15, -0.1) is 23.7 Å². The lowest BCUT2D eigenvalue weighted by molar-refractivity contribution is -0.183. The van der Waals surface area contributed by atoms with Gasteiger partial charge in [0.05, 0.1) is 5.56 Å². The number of halogens is 4. The van der Waals surface area contributed by atoms with E-state index >= 15 is 0 Å². The highest BCUT2D eigenvalue weighted by atomic mass is 35.5. The molecule has 1 aromatic heterocycles. The third-order valence-electron chi connectivity index (χ3n) is 4.15. The molecule has 1 saturated heterocycles. The number of hydrogen-bond acceptors (Lipinski definition) is 4. The maximum absolute atomic E-state index is 13.3. The van der Waals surface area contributed by atoms with Crippen LogP contribution in [0.2, 0.25) is 0 Å². The summed E-state index contributed by atoms with van der Waals surface area (Å²) >= 11 is 1.41. The molecule has 138 valence electrons. The van der Waals surface area contributed by atoms with Gasteiger partial charge in [-0.25, -0.2) is 0 Å². The first kappa shape index (κ1) is 20.0. The number of fused-ring (bicyclic) bond motifs is 1. The quantitative estimate of drug-likeness (QED) is 0.839. The van der Waals surface area contributed by atoms with E-state index in [1.807, 2.05) is 18.2 Å². The van der Waals surface area contributed by atoms with Crippen LogP contribution in [-0.4, -0.2) is 55.7 Å². The molecule has 2 aromatic rings. The Morgan fingerprint density at radius 3 is 2.64 bits per heavy atom. The zero-order valence-electron chi connectivity index (χ0n) is 13.3. The van der Waals surface area contributed by atoms with Crippen molar-refractivity contribution in [3.63, 3.8) is 0 Å². The van der Waals surface area contributed by atoms with Crippen LogP contribution in [0.3, 0.4) is 0 Å². The highest BCUT2D eigenvalue weighted by Crippen LogP contribution is 2.27. The maximum Gasteiger partial charge on any atom is 0.405 e. The molecule has 1 aliphatic rings. The van der Waals surface area contributed by atoms with E-state index < -0.39 is 24.7 Å². The molecule has 1 atom stereocenters. The minimum Gasteiger partial charge on any atom is -0.350 e. The fraction of sp³-hybridized carbons (Fsp3) is 0.438. The lowest BCUT2D eigenvalue weighted by Crippen LogP contribution is -2.57. The summed E-state index contributed by atoms with van der Waals surface area (Å²) in [7, 11) is 0. The second-order valence-electron chi connectivity index (χ2n) is 5.70. The van der Waals surface area contributed by atoms with Crippen molar-refractivity contribution in [1.82, 2.24) is 15.5 Å². The lowest BCUT2D eigenvalue weighted by Gasteiger charge is -2.35. The number of carbonyl (C=O) groups excluding carboxylic acids is 1. The fourth-order valence-electron chi connectivity index (χ4n) is 2.88. The van der Waals surface area contributed by atoms with Gasteiger partial charge in [0, 0.05) is 48.2 Å². The van der Waals surface area contributed by atoms with Gasteiger partial charge in [0.2, 0.25) is 0 Å². The Morgan fingerprint density at radius 1 is 1.28 bits per heavy atom. The summed E-state index contributed by atoms with van der Waals surface area (Å²) in [5.74, 6) is -0.461. The van der Waals surface area contributed by atoms with Gasteiger partial charge < -0.3 is 10.6 Å². The second kappa shape index (κ2) is 8.35. The second-order valence-corrected chi connectivity index (χ2v) is 6.61. The predicted octanol–water partition coefficient (Wildman–Crippen LogP) is 2.89.